The molecular weight excluding hydrogens is 378 g/mol. The number of rotatable bonds is 5. The van der Waals surface area contributed by atoms with Crippen molar-refractivity contribution >= 4 is 45.0 Å². The summed E-state index contributed by atoms with van der Waals surface area (Å²) in [6.45, 7) is 2.20. The van der Waals surface area contributed by atoms with Crippen molar-refractivity contribution in [3.05, 3.63) is 59.7 Å². The molecule has 2 N–H and O–H groups in total. The van der Waals surface area contributed by atoms with E-state index in [2.05, 4.69) is 10.0 Å². The molecule has 3 rings (SSSR count). The average Bonchev–Trinajstić information content (AvgIpc) is 3.03. The molecule has 1 aliphatic rings. The maximum Gasteiger partial charge on any atom is 0.248 e. The van der Waals surface area contributed by atoms with Gasteiger partial charge in [-0.3, -0.25) is 14.3 Å². The Morgan fingerprint density at radius 3 is 2.39 bits per heavy atom. The predicted molar refractivity (Wildman–Crippen MR) is 111 cm³/mol. The molecule has 0 spiro atoms. The molecule has 0 unspecified atom stereocenters. The number of hydrogen-bond acceptors (Lipinski definition) is 4. The Balaban J connectivity index is 1.62. The summed E-state index contributed by atoms with van der Waals surface area (Å²) >= 11 is 0. The molecule has 0 fully saturated rings. The maximum absolute atomic E-state index is 12.2. The normalized spacial score (nSPS) is 13.4. The van der Waals surface area contributed by atoms with Gasteiger partial charge in [-0.05, 0) is 54.0 Å². The van der Waals surface area contributed by atoms with Crippen molar-refractivity contribution in [2.75, 3.05) is 27.7 Å². The number of benzene rings is 2. The van der Waals surface area contributed by atoms with Gasteiger partial charge in [-0.2, -0.15) is 0 Å². The molecule has 146 valence electrons. The molecule has 0 saturated carbocycles. The van der Waals surface area contributed by atoms with Gasteiger partial charge in [0.15, 0.2) is 0 Å². The van der Waals surface area contributed by atoms with Gasteiger partial charge >= 0.3 is 0 Å². The van der Waals surface area contributed by atoms with Gasteiger partial charge in [-0.15, -0.1) is 0 Å². The summed E-state index contributed by atoms with van der Waals surface area (Å²) in [7, 11) is -3.32. The van der Waals surface area contributed by atoms with E-state index in [1.165, 1.54) is 6.08 Å². The quantitative estimate of drug-likeness (QED) is 0.756. The van der Waals surface area contributed by atoms with Crippen LogP contribution >= 0.6 is 0 Å². The zero-order valence-corrected chi connectivity index (χ0v) is 16.4. The third-order valence-electron chi connectivity index (χ3n) is 4.26. The van der Waals surface area contributed by atoms with Gasteiger partial charge in [0.05, 0.1) is 6.26 Å². The lowest BCUT2D eigenvalue weighted by molar-refractivity contribution is -0.116. The third kappa shape index (κ3) is 4.98. The van der Waals surface area contributed by atoms with Gasteiger partial charge in [-0.25, -0.2) is 8.42 Å². The Labute approximate surface area is 164 Å². The second-order valence-corrected chi connectivity index (χ2v) is 8.33. The van der Waals surface area contributed by atoms with Crippen LogP contribution in [0.25, 0.3) is 6.08 Å². The number of fused-ring (bicyclic) bond motifs is 1. The van der Waals surface area contributed by atoms with Gasteiger partial charge < -0.3 is 10.2 Å². The number of nitrogens with one attached hydrogen (secondary N) is 2. The first-order valence-electron chi connectivity index (χ1n) is 8.69. The van der Waals surface area contributed by atoms with Crippen LogP contribution in [-0.4, -0.2) is 33.0 Å². The van der Waals surface area contributed by atoms with E-state index in [4.69, 9.17) is 0 Å². The van der Waals surface area contributed by atoms with Crippen LogP contribution in [0.5, 0.6) is 0 Å². The lowest BCUT2D eigenvalue weighted by atomic mass is 10.1. The Kier molecular flexibility index (Phi) is 5.51. The smallest absolute Gasteiger partial charge is 0.248 e. The van der Waals surface area contributed by atoms with Crippen LogP contribution in [0, 0.1) is 0 Å². The van der Waals surface area contributed by atoms with E-state index >= 15 is 0 Å². The number of carbonyl (C=O) groups excluding carboxylic acids is 2. The molecule has 2 aromatic rings. The summed E-state index contributed by atoms with van der Waals surface area (Å²) in [6, 6.07) is 12.2. The van der Waals surface area contributed by atoms with Crippen molar-refractivity contribution < 1.29 is 18.0 Å². The van der Waals surface area contributed by atoms with Crippen molar-refractivity contribution in [3.63, 3.8) is 0 Å². The van der Waals surface area contributed by atoms with Crippen LogP contribution < -0.4 is 14.9 Å². The molecule has 0 bridgehead atoms. The van der Waals surface area contributed by atoms with Gasteiger partial charge in [-0.1, -0.05) is 12.1 Å². The minimum atomic E-state index is -3.32. The van der Waals surface area contributed by atoms with Gasteiger partial charge in [0.25, 0.3) is 0 Å². The van der Waals surface area contributed by atoms with Crippen LogP contribution in [0.2, 0.25) is 0 Å². The fourth-order valence-electron chi connectivity index (χ4n) is 3.04. The first kappa shape index (κ1) is 19.6. The minimum Gasteiger partial charge on any atom is -0.323 e. The topological polar surface area (TPSA) is 95.6 Å². The molecule has 0 atom stereocenters. The van der Waals surface area contributed by atoms with E-state index in [-0.39, 0.29) is 11.8 Å². The Morgan fingerprint density at radius 2 is 1.75 bits per heavy atom. The van der Waals surface area contributed by atoms with Crippen molar-refractivity contribution in [2.45, 2.75) is 13.3 Å². The highest BCUT2D eigenvalue weighted by Crippen LogP contribution is 2.30. The monoisotopic (exact) mass is 399 g/mol. The summed E-state index contributed by atoms with van der Waals surface area (Å²) in [4.78, 5) is 25.5. The summed E-state index contributed by atoms with van der Waals surface area (Å²) in [5.74, 6) is -0.268. The molecule has 8 heteroatoms. The molecule has 7 nitrogen and oxygen atoms in total. The molecule has 0 aromatic heterocycles. The largest absolute Gasteiger partial charge is 0.323 e. The highest BCUT2D eigenvalue weighted by atomic mass is 32.2. The Morgan fingerprint density at radius 1 is 1.07 bits per heavy atom. The van der Waals surface area contributed by atoms with Crippen LogP contribution in [0.15, 0.2) is 48.5 Å². The molecule has 0 saturated heterocycles. The summed E-state index contributed by atoms with van der Waals surface area (Å²) in [6.07, 6.45) is 4.91. The van der Waals surface area contributed by atoms with E-state index < -0.39 is 10.0 Å². The molecule has 0 aliphatic carbocycles. The first-order valence-corrected chi connectivity index (χ1v) is 10.6. The molecule has 2 aromatic carbocycles. The molecule has 1 heterocycles. The standard InChI is InChI=1S/C20H21N3O4S/c1-14(24)23-12-11-16-13-18(8-9-19(16)23)21-20(25)10-5-15-3-6-17(7-4-15)22-28(2,26)27/h3-10,13,22H,11-12H2,1-2H3,(H,21,25)/b10-5+. The van der Waals surface area contributed by atoms with Crippen molar-refractivity contribution in [2.24, 2.45) is 0 Å². The third-order valence-corrected chi connectivity index (χ3v) is 4.87. The van der Waals surface area contributed by atoms with E-state index in [1.807, 2.05) is 12.1 Å². The minimum absolute atomic E-state index is 0.0104. The maximum atomic E-state index is 12.2. The average molecular weight is 399 g/mol. The molecule has 2 amide bonds. The SMILES string of the molecule is CC(=O)N1CCc2cc(NC(=O)/C=C/c3ccc(NS(C)(=O)=O)cc3)ccc21. The number of carbonyl (C=O) groups is 2. The molecule has 28 heavy (non-hydrogen) atoms. The van der Waals surface area contributed by atoms with E-state index in [0.717, 1.165) is 29.5 Å². The summed E-state index contributed by atoms with van der Waals surface area (Å²) in [5.41, 5.74) is 3.82. The lowest BCUT2D eigenvalue weighted by Gasteiger charge is -2.14. The fraction of sp³-hybridized carbons (Fsp3) is 0.200. The zero-order chi connectivity index (χ0) is 20.3. The first-order chi connectivity index (χ1) is 13.2. The number of sulfonamides is 1. The Hall–Kier alpha value is -3.13. The number of nitrogens with zero attached hydrogens (tertiary/aromatic N) is 1. The Bertz CT molecular complexity index is 1040. The predicted octanol–water partition coefficient (Wildman–Crippen LogP) is 2.62. The summed E-state index contributed by atoms with van der Waals surface area (Å²) < 4.78 is 24.8. The van der Waals surface area contributed by atoms with E-state index in [0.29, 0.717) is 17.9 Å². The van der Waals surface area contributed by atoms with Crippen molar-refractivity contribution in [1.29, 1.82) is 0 Å². The highest BCUT2D eigenvalue weighted by Gasteiger charge is 2.22. The van der Waals surface area contributed by atoms with Gasteiger partial charge in [0, 0.05) is 36.6 Å². The van der Waals surface area contributed by atoms with Crippen LogP contribution in [0.3, 0.4) is 0 Å². The van der Waals surface area contributed by atoms with Crippen LogP contribution in [-0.2, 0) is 26.0 Å². The molecular formula is C20H21N3O4S. The number of hydrogen-bond donors (Lipinski definition) is 2. The van der Waals surface area contributed by atoms with Crippen molar-refractivity contribution in [3.8, 4) is 0 Å². The van der Waals surface area contributed by atoms with Crippen molar-refractivity contribution in [1.82, 2.24) is 0 Å². The van der Waals surface area contributed by atoms with Gasteiger partial charge in [0.2, 0.25) is 21.8 Å². The number of anilines is 3. The van der Waals surface area contributed by atoms with Gasteiger partial charge in [0.1, 0.15) is 0 Å². The van der Waals surface area contributed by atoms with E-state index in [9.17, 15) is 18.0 Å². The zero-order valence-electron chi connectivity index (χ0n) is 15.6. The molecule has 1 aliphatic heterocycles. The highest BCUT2D eigenvalue weighted by molar-refractivity contribution is 7.92. The second-order valence-electron chi connectivity index (χ2n) is 6.58. The number of amides is 2. The summed E-state index contributed by atoms with van der Waals surface area (Å²) in [5, 5.41) is 2.81. The molecule has 0 radical (unpaired) electrons. The fourth-order valence-corrected chi connectivity index (χ4v) is 3.60. The lowest BCUT2D eigenvalue weighted by Crippen LogP contribution is -2.25. The van der Waals surface area contributed by atoms with E-state index in [1.54, 1.807) is 48.2 Å². The second kappa shape index (κ2) is 7.85. The van der Waals surface area contributed by atoms with Crippen LogP contribution in [0.4, 0.5) is 17.1 Å². The van der Waals surface area contributed by atoms with Crippen LogP contribution in [0.1, 0.15) is 18.1 Å².